The van der Waals surface area contributed by atoms with Crippen molar-refractivity contribution in [3.63, 3.8) is 0 Å². The van der Waals surface area contributed by atoms with Gasteiger partial charge in [-0.1, -0.05) is 12.1 Å². The molecule has 1 aromatic heterocycles. The van der Waals surface area contributed by atoms with Crippen LogP contribution in [-0.4, -0.2) is 16.7 Å². The average Bonchev–Trinajstić information content (AvgIpc) is 2.19. The Kier molecular flexibility index (Phi) is 2.41. The van der Waals surface area contributed by atoms with Crippen LogP contribution in [0.3, 0.4) is 0 Å². The summed E-state index contributed by atoms with van der Waals surface area (Å²) in [6, 6.07) is 4.04. The van der Waals surface area contributed by atoms with E-state index < -0.39 is 0 Å². The Labute approximate surface area is 77.9 Å². The minimum Gasteiger partial charge on any atom is -0.396 e. The van der Waals surface area contributed by atoms with Crippen LogP contribution in [0.1, 0.15) is 24.1 Å². The highest BCUT2D eigenvalue weighted by Gasteiger charge is 2.11. The average molecular weight is 175 g/mol. The SMILES string of the molecule is OCCC1=CCCc2ncccc21. The number of pyridine rings is 1. The minimum atomic E-state index is 0.222. The third-order valence-electron chi connectivity index (χ3n) is 2.39. The highest BCUT2D eigenvalue weighted by molar-refractivity contribution is 5.68. The summed E-state index contributed by atoms with van der Waals surface area (Å²) in [5.41, 5.74) is 3.65. The number of aliphatic hydroxyl groups is 1. The van der Waals surface area contributed by atoms with E-state index in [1.165, 1.54) is 16.8 Å². The number of aryl methyl sites for hydroxylation is 1. The number of hydrogen-bond donors (Lipinski definition) is 1. The Morgan fingerprint density at radius 2 is 2.38 bits per heavy atom. The topological polar surface area (TPSA) is 33.1 Å². The molecule has 0 atom stereocenters. The molecule has 2 nitrogen and oxygen atoms in total. The summed E-state index contributed by atoms with van der Waals surface area (Å²) in [6.45, 7) is 0.222. The molecule has 2 heteroatoms. The van der Waals surface area contributed by atoms with Crippen molar-refractivity contribution in [3.05, 3.63) is 35.7 Å². The van der Waals surface area contributed by atoms with Gasteiger partial charge >= 0.3 is 0 Å². The Hall–Kier alpha value is -1.15. The molecule has 1 aliphatic rings. The number of aromatic nitrogens is 1. The summed E-state index contributed by atoms with van der Waals surface area (Å²) in [5.74, 6) is 0. The van der Waals surface area contributed by atoms with Gasteiger partial charge in [0.25, 0.3) is 0 Å². The van der Waals surface area contributed by atoms with Gasteiger partial charge in [0.05, 0.1) is 0 Å². The summed E-state index contributed by atoms with van der Waals surface area (Å²) in [6.07, 6.45) is 6.88. The van der Waals surface area contributed by atoms with Crippen molar-refractivity contribution in [2.75, 3.05) is 6.61 Å². The Morgan fingerprint density at radius 3 is 3.23 bits per heavy atom. The van der Waals surface area contributed by atoms with E-state index >= 15 is 0 Å². The van der Waals surface area contributed by atoms with Gasteiger partial charge in [-0.3, -0.25) is 4.98 Å². The monoisotopic (exact) mass is 175 g/mol. The number of hydrogen-bond acceptors (Lipinski definition) is 2. The van der Waals surface area contributed by atoms with Gasteiger partial charge in [-0.2, -0.15) is 0 Å². The lowest BCUT2D eigenvalue weighted by Gasteiger charge is -2.15. The van der Waals surface area contributed by atoms with Crippen molar-refractivity contribution in [2.24, 2.45) is 0 Å². The van der Waals surface area contributed by atoms with Crippen molar-refractivity contribution >= 4 is 5.57 Å². The molecule has 0 bridgehead atoms. The van der Waals surface area contributed by atoms with E-state index in [9.17, 15) is 0 Å². The molecule has 1 N–H and O–H groups in total. The maximum Gasteiger partial charge on any atom is 0.0481 e. The van der Waals surface area contributed by atoms with Crippen LogP contribution < -0.4 is 0 Å². The van der Waals surface area contributed by atoms with Gasteiger partial charge in [-0.05, 0) is 36.5 Å². The molecular weight excluding hydrogens is 162 g/mol. The molecule has 13 heavy (non-hydrogen) atoms. The molecule has 0 spiro atoms. The predicted octanol–water partition coefficient (Wildman–Crippen LogP) is 1.79. The van der Waals surface area contributed by atoms with E-state index in [1.54, 1.807) is 0 Å². The quantitative estimate of drug-likeness (QED) is 0.743. The van der Waals surface area contributed by atoms with Crippen molar-refractivity contribution in [2.45, 2.75) is 19.3 Å². The van der Waals surface area contributed by atoms with E-state index in [0.717, 1.165) is 19.3 Å². The van der Waals surface area contributed by atoms with Crippen molar-refractivity contribution in [3.8, 4) is 0 Å². The van der Waals surface area contributed by atoms with E-state index in [4.69, 9.17) is 5.11 Å². The first-order chi connectivity index (χ1) is 6.42. The molecule has 0 radical (unpaired) electrons. The summed E-state index contributed by atoms with van der Waals surface area (Å²) >= 11 is 0. The lowest BCUT2D eigenvalue weighted by Crippen LogP contribution is -2.03. The van der Waals surface area contributed by atoms with Gasteiger partial charge < -0.3 is 5.11 Å². The van der Waals surface area contributed by atoms with E-state index in [1.807, 2.05) is 12.3 Å². The second-order valence-corrected chi connectivity index (χ2v) is 3.24. The number of nitrogens with zero attached hydrogens (tertiary/aromatic N) is 1. The maximum absolute atomic E-state index is 8.88. The minimum absolute atomic E-state index is 0.222. The molecule has 68 valence electrons. The fourth-order valence-electron chi connectivity index (χ4n) is 1.78. The zero-order valence-electron chi connectivity index (χ0n) is 7.53. The fourth-order valence-corrected chi connectivity index (χ4v) is 1.78. The van der Waals surface area contributed by atoms with E-state index in [2.05, 4.69) is 17.1 Å². The predicted molar refractivity (Wildman–Crippen MR) is 52.2 cm³/mol. The second kappa shape index (κ2) is 3.71. The number of allylic oxidation sites excluding steroid dienone is 1. The molecule has 0 amide bonds. The Balaban J connectivity index is 2.36. The first-order valence-electron chi connectivity index (χ1n) is 4.66. The van der Waals surface area contributed by atoms with E-state index in [-0.39, 0.29) is 6.61 Å². The maximum atomic E-state index is 8.88. The number of fused-ring (bicyclic) bond motifs is 1. The molecule has 1 heterocycles. The standard InChI is InChI=1S/C11H13NO/c13-8-6-9-3-1-5-11-10(9)4-2-7-12-11/h2-4,7,13H,1,5-6,8H2. The van der Waals surface area contributed by atoms with Crippen LogP contribution in [0.5, 0.6) is 0 Å². The van der Waals surface area contributed by atoms with Crippen LogP contribution in [0.4, 0.5) is 0 Å². The van der Waals surface area contributed by atoms with Gasteiger partial charge in [-0.25, -0.2) is 0 Å². The first-order valence-corrected chi connectivity index (χ1v) is 4.66. The van der Waals surface area contributed by atoms with Crippen LogP contribution in [-0.2, 0) is 6.42 Å². The molecular formula is C11H13NO. The smallest absolute Gasteiger partial charge is 0.0481 e. The molecule has 0 aromatic carbocycles. The highest BCUT2D eigenvalue weighted by Crippen LogP contribution is 2.26. The molecule has 2 rings (SSSR count). The van der Waals surface area contributed by atoms with Gasteiger partial charge in [0, 0.05) is 18.5 Å². The largest absolute Gasteiger partial charge is 0.396 e. The molecule has 0 saturated carbocycles. The zero-order chi connectivity index (χ0) is 9.10. The molecule has 1 aliphatic carbocycles. The third-order valence-corrected chi connectivity index (χ3v) is 2.39. The molecule has 0 fully saturated rings. The molecule has 1 aromatic rings. The van der Waals surface area contributed by atoms with E-state index in [0.29, 0.717) is 0 Å². The third kappa shape index (κ3) is 1.63. The van der Waals surface area contributed by atoms with Crippen molar-refractivity contribution in [1.82, 2.24) is 4.98 Å². The zero-order valence-corrected chi connectivity index (χ0v) is 7.53. The number of rotatable bonds is 2. The molecule has 0 aliphatic heterocycles. The molecule has 0 saturated heterocycles. The summed E-state index contributed by atoms with van der Waals surface area (Å²) in [7, 11) is 0. The first kappa shape index (κ1) is 8.45. The lowest BCUT2D eigenvalue weighted by molar-refractivity contribution is 0.304. The van der Waals surface area contributed by atoms with Gasteiger partial charge in [0.15, 0.2) is 0 Å². The highest BCUT2D eigenvalue weighted by atomic mass is 16.2. The Bertz CT molecular complexity index is 331. The fraction of sp³-hybridized carbons (Fsp3) is 0.364. The van der Waals surface area contributed by atoms with Crippen LogP contribution >= 0.6 is 0 Å². The van der Waals surface area contributed by atoms with Crippen molar-refractivity contribution < 1.29 is 5.11 Å². The van der Waals surface area contributed by atoms with Crippen LogP contribution in [0, 0.1) is 0 Å². The summed E-state index contributed by atoms with van der Waals surface area (Å²) in [5, 5.41) is 8.88. The van der Waals surface area contributed by atoms with Gasteiger partial charge in [-0.15, -0.1) is 0 Å². The van der Waals surface area contributed by atoms with Crippen LogP contribution in [0.2, 0.25) is 0 Å². The second-order valence-electron chi connectivity index (χ2n) is 3.24. The van der Waals surface area contributed by atoms with Crippen LogP contribution in [0.25, 0.3) is 5.57 Å². The summed E-state index contributed by atoms with van der Waals surface area (Å²) in [4.78, 5) is 4.33. The van der Waals surface area contributed by atoms with Gasteiger partial charge in [0.2, 0.25) is 0 Å². The van der Waals surface area contributed by atoms with Crippen LogP contribution in [0.15, 0.2) is 24.4 Å². The van der Waals surface area contributed by atoms with Gasteiger partial charge in [0.1, 0.15) is 0 Å². The Morgan fingerprint density at radius 1 is 1.46 bits per heavy atom. The summed E-state index contributed by atoms with van der Waals surface area (Å²) < 4.78 is 0. The normalized spacial score (nSPS) is 15.0. The molecule has 0 unspecified atom stereocenters. The van der Waals surface area contributed by atoms with Crippen molar-refractivity contribution in [1.29, 1.82) is 0 Å². The number of aliphatic hydroxyl groups excluding tert-OH is 1. The lowest BCUT2D eigenvalue weighted by atomic mass is 9.93.